The van der Waals surface area contributed by atoms with Gasteiger partial charge in [0, 0.05) is 36.3 Å². The van der Waals surface area contributed by atoms with E-state index in [1.54, 1.807) is 19.2 Å². The molecule has 0 bridgehead atoms. The van der Waals surface area contributed by atoms with E-state index in [4.69, 9.17) is 21.1 Å². The molecular formula is C22H25ClN4O5S. The van der Waals surface area contributed by atoms with Crippen LogP contribution in [0.3, 0.4) is 0 Å². The fraction of sp³-hybridized carbons (Fsp3) is 0.364. The molecular weight excluding hydrogens is 468 g/mol. The lowest BCUT2D eigenvalue weighted by molar-refractivity contribution is -0.385. The summed E-state index contributed by atoms with van der Waals surface area (Å²) in [5.41, 5.74) is 0.247. The second-order valence-electron chi connectivity index (χ2n) is 7.07. The monoisotopic (exact) mass is 492 g/mol. The lowest BCUT2D eigenvalue weighted by Crippen LogP contribution is -2.39. The molecule has 0 atom stereocenters. The Bertz CT molecular complexity index is 1120. The molecule has 33 heavy (non-hydrogen) atoms. The molecule has 0 radical (unpaired) electrons. The Kier molecular flexibility index (Phi) is 8.06. The van der Waals surface area contributed by atoms with Crippen molar-refractivity contribution >= 4 is 49.9 Å². The molecule has 1 aromatic heterocycles. The molecule has 0 aliphatic carbocycles. The van der Waals surface area contributed by atoms with Gasteiger partial charge in [-0.2, -0.15) is 0 Å². The minimum Gasteiger partial charge on any atom is -0.493 e. The van der Waals surface area contributed by atoms with Crippen molar-refractivity contribution in [2.24, 2.45) is 0 Å². The number of ether oxygens (including phenoxy) is 2. The quantitative estimate of drug-likeness (QED) is 0.294. The first-order chi connectivity index (χ1) is 15.8. The summed E-state index contributed by atoms with van der Waals surface area (Å²) < 4.78 is 11.5. The SMILES string of the molecule is CCN(CC)CCN(C(=O)c1cc(Cl)ccc1[N+](=O)[O-])c1nc2cc(OC)c(OC)cc2s1. The van der Waals surface area contributed by atoms with Crippen molar-refractivity contribution in [1.29, 1.82) is 0 Å². The third-order valence-corrected chi connectivity index (χ3v) is 6.55. The fourth-order valence-corrected chi connectivity index (χ4v) is 4.58. The highest BCUT2D eigenvalue weighted by Crippen LogP contribution is 2.38. The average Bonchev–Trinajstić information content (AvgIpc) is 3.22. The second-order valence-corrected chi connectivity index (χ2v) is 8.52. The number of hydrogen-bond acceptors (Lipinski definition) is 8. The van der Waals surface area contributed by atoms with Crippen LogP contribution in [0.15, 0.2) is 30.3 Å². The Morgan fingerprint density at radius 1 is 1.12 bits per heavy atom. The number of methoxy groups -OCH3 is 2. The molecule has 0 unspecified atom stereocenters. The number of fused-ring (bicyclic) bond motifs is 1. The first-order valence-corrected chi connectivity index (χ1v) is 11.5. The second kappa shape index (κ2) is 10.8. The Balaban J connectivity index is 2.09. The number of rotatable bonds is 10. The van der Waals surface area contributed by atoms with Gasteiger partial charge >= 0.3 is 0 Å². The standard InChI is InChI=1S/C22H25ClN4O5S/c1-5-25(6-2)9-10-26(21(28)15-11-14(23)7-8-17(15)27(29)30)22-24-16-12-18(31-3)19(32-4)13-20(16)33-22/h7-8,11-13H,5-6,9-10H2,1-4H3. The first-order valence-electron chi connectivity index (χ1n) is 10.3. The number of carbonyl (C=O) groups excluding carboxylic acids is 1. The number of thiazole rings is 1. The van der Waals surface area contributed by atoms with Gasteiger partial charge < -0.3 is 14.4 Å². The van der Waals surface area contributed by atoms with E-state index >= 15 is 0 Å². The highest BCUT2D eigenvalue weighted by molar-refractivity contribution is 7.22. The minimum absolute atomic E-state index is 0.0820. The van der Waals surface area contributed by atoms with Crippen molar-refractivity contribution in [3.05, 3.63) is 51.0 Å². The van der Waals surface area contributed by atoms with Crippen LogP contribution in [0, 0.1) is 10.1 Å². The summed E-state index contributed by atoms with van der Waals surface area (Å²) in [6.07, 6.45) is 0. The van der Waals surface area contributed by atoms with E-state index in [9.17, 15) is 14.9 Å². The van der Waals surface area contributed by atoms with Gasteiger partial charge in [0.25, 0.3) is 11.6 Å². The van der Waals surface area contributed by atoms with Crippen LogP contribution in [0.25, 0.3) is 10.2 Å². The zero-order valence-electron chi connectivity index (χ0n) is 18.8. The summed E-state index contributed by atoms with van der Waals surface area (Å²) in [5.74, 6) is 0.536. The number of aromatic nitrogens is 1. The maximum Gasteiger partial charge on any atom is 0.282 e. The van der Waals surface area contributed by atoms with E-state index in [0.29, 0.717) is 35.2 Å². The molecule has 9 nitrogen and oxygen atoms in total. The largest absolute Gasteiger partial charge is 0.493 e. The number of amides is 1. The minimum atomic E-state index is -0.583. The molecule has 0 N–H and O–H groups in total. The maximum absolute atomic E-state index is 13.6. The van der Waals surface area contributed by atoms with Gasteiger partial charge in [-0.25, -0.2) is 4.98 Å². The number of likely N-dealkylation sites (N-methyl/N-ethyl adjacent to an activating group) is 1. The zero-order valence-corrected chi connectivity index (χ0v) is 20.4. The van der Waals surface area contributed by atoms with Crippen LogP contribution in [0.5, 0.6) is 11.5 Å². The van der Waals surface area contributed by atoms with E-state index in [1.165, 1.54) is 41.5 Å². The van der Waals surface area contributed by atoms with Crippen LogP contribution >= 0.6 is 22.9 Å². The van der Waals surface area contributed by atoms with Crippen LogP contribution in [0.2, 0.25) is 5.02 Å². The summed E-state index contributed by atoms with van der Waals surface area (Å²) >= 11 is 7.38. The number of nitrogens with zero attached hydrogens (tertiary/aromatic N) is 4. The molecule has 1 amide bonds. The molecule has 0 fully saturated rings. The predicted octanol–water partition coefficient (Wildman–Crippen LogP) is 4.86. The smallest absolute Gasteiger partial charge is 0.282 e. The van der Waals surface area contributed by atoms with Crippen LogP contribution < -0.4 is 14.4 Å². The third-order valence-electron chi connectivity index (χ3n) is 5.28. The van der Waals surface area contributed by atoms with Crippen LogP contribution in [-0.4, -0.2) is 61.1 Å². The Hall–Kier alpha value is -2.95. The lowest BCUT2D eigenvalue weighted by atomic mass is 10.1. The molecule has 1 heterocycles. The predicted molar refractivity (Wildman–Crippen MR) is 130 cm³/mol. The summed E-state index contributed by atoms with van der Waals surface area (Å²) in [6, 6.07) is 7.50. The van der Waals surface area contributed by atoms with Crippen molar-refractivity contribution in [3.63, 3.8) is 0 Å². The van der Waals surface area contributed by atoms with Crippen LogP contribution in [0.1, 0.15) is 24.2 Å². The molecule has 0 saturated carbocycles. The number of nitro benzene ring substituents is 1. The van der Waals surface area contributed by atoms with Gasteiger partial charge in [0.2, 0.25) is 0 Å². The molecule has 0 aliphatic heterocycles. The molecule has 3 aromatic rings. The number of anilines is 1. The lowest BCUT2D eigenvalue weighted by Gasteiger charge is -2.24. The maximum atomic E-state index is 13.6. The number of halogens is 1. The molecule has 2 aromatic carbocycles. The normalized spacial score (nSPS) is 11.1. The number of hydrogen-bond donors (Lipinski definition) is 0. The number of carbonyl (C=O) groups is 1. The topological polar surface area (TPSA) is 98.0 Å². The zero-order chi connectivity index (χ0) is 24.1. The highest BCUT2D eigenvalue weighted by atomic mass is 35.5. The fourth-order valence-electron chi connectivity index (χ4n) is 3.41. The molecule has 0 saturated heterocycles. The summed E-state index contributed by atoms with van der Waals surface area (Å²) in [6.45, 7) is 6.57. The van der Waals surface area contributed by atoms with Gasteiger partial charge in [-0.05, 0) is 25.2 Å². The van der Waals surface area contributed by atoms with E-state index in [1.807, 2.05) is 13.8 Å². The van der Waals surface area contributed by atoms with Gasteiger partial charge in [-0.15, -0.1) is 0 Å². The van der Waals surface area contributed by atoms with Crippen LogP contribution in [0.4, 0.5) is 10.8 Å². The summed E-state index contributed by atoms with van der Waals surface area (Å²) in [4.78, 5) is 32.9. The number of benzene rings is 2. The van der Waals surface area contributed by atoms with Crippen molar-refractivity contribution in [1.82, 2.24) is 9.88 Å². The molecule has 0 aliphatic rings. The summed E-state index contributed by atoms with van der Waals surface area (Å²) in [7, 11) is 3.08. The molecule has 3 rings (SSSR count). The summed E-state index contributed by atoms with van der Waals surface area (Å²) in [5, 5.41) is 12.2. The van der Waals surface area contributed by atoms with Crippen molar-refractivity contribution in [2.45, 2.75) is 13.8 Å². The Morgan fingerprint density at radius 3 is 2.39 bits per heavy atom. The van der Waals surface area contributed by atoms with Crippen LogP contribution in [-0.2, 0) is 0 Å². The van der Waals surface area contributed by atoms with Crippen molar-refractivity contribution in [2.75, 3.05) is 45.3 Å². The van der Waals surface area contributed by atoms with Crippen molar-refractivity contribution < 1.29 is 19.2 Å². The van der Waals surface area contributed by atoms with E-state index in [2.05, 4.69) is 9.88 Å². The molecule has 176 valence electrons. The average molecular weight is 493 g/mol. The van der Waals surface area contributed by atoms with E-state index in [-0.39, 0.29) is 16.3 Å². The number of nitro groups is 1. The Labute approximate surface area is 200 Å². The van der Waals surface area contributed by atoms with E-state index < -0.39 is 10.8 Å². The van der Waals surface area contributed by atoms with Gasteiger partial charge in [-0.1, -0.05) is 36.8 Å². The van der Waals surface area contributed by atoms with Gasteiger partial charge in [0.1, 0.15) is 5.56 Å². The van der Waals surface area contributed by atoms with Crippen molar-refractivity contribution in [3.8, 4) is 11.5 Å². The Morgan fingerprint density at radius 2 is 1.79 bits per heavy atom. The first kappa shape index (κ1) is 24.7. The van der Waals surface area contributed by atoms with E-state index in [0.717, 1.165) is 17.8 Å². The van der Waals surface area contributed by atoms with Gasteiger partial charge in [0.05, 0.1) is 29.4 Å². The van der Waals surface area contributed by atoms with Gasteiger partial charge in [-0.3, -0.25) is 19.8 Å². The molecule has 0 spiro atoms. The third kappa shape index (κ3) is 5.35. The molecule has 11 heteroatoms. The van der Waals surface area contributed by atoms with Gasteiger partial charge in [0.15, 0.2) is 16.6 Å². The highest BCUT2D eigenvalue weighted by Gasteiger charge is 2.28.